The Morgan fingerprint density at radius 3 is 2.08 bits per heavy atom. The summed E-state index contributed by atoms with van der Waals surface area (Å²) < 4.78 is 0. The Bertz CT molecular complexity index is 442. The first-order valence-corrected chi connectivity index (χ1v) is 9.41. The maximum atomic E-state index is 12.3. The minimum Gasteiger partial charge on any atom is -0.355 e. The number of hydrogen-bond acceptors (Lipinski definition) is 3. The van der Waals surface area contributed by atoms with Crippen molar-refractivity contribution in [1.29, 1.82) is 0 Å². The molecule has 4 aliphatic rings. The fourth-order valence-electron chi connectivity index (χ4n) is 5.35. The van der Waals surface area contributed by atoms with Crippen molar-refractivity contribution >= 4 is 11.9 Å². The summed E-state index contributed by atoms with van der Waals surface area (Å²) in [4.78, 5) is 26.0. The molecule has 6 heteroatoms. The van der Waals surface area contributed by atoms with Gasteiger partial charge in [-0.2, -0.15) is 0 Å². The van der Waals surface area contributed by atoms with Gasteiger partial charge in [0, 0.05) is 31.6 Å². The fraction of sp³-hybridized carbons (Fsp3) is 0.889. The molecule has 0 spiro atoms. The van der Waals surface area contributed by atoms with Crippen molar-refractivity contribution in [3.63, 3.8) is 0 Å². The lowest BCUT2D eigenvalue weighted by molar-refractivity contribution is -0.120. The van der Waals surface area contributed by atoms with Gasteiger partial charge >= 0.3 is 6.03 Å². The summed E-state index contributed by atoms with van der Waals surface area (Å²) in [6.45, 7) is 1.86. The van der Waals surface area contributed by atoms with Gasteiger partial charge in [-0.1, -0.05) is 0 Å². The molecule has 0 aromatic carbocycles. The van der Waals surface area contributed by atoms with Crippen LogP contribution in [-0.2, 0) is 4.79 Å². The molecule has 0 aromatic rings. The summed E-state index contributed by atoms with van der Waals surface area (Å²) in [7, 11) is 3.95. The van der Waals surface area contributed by atoms with E-state index in [9.17, 15) is 9.59 Å². The molecule has 4 rings (SSSR count). The molecule has 4 aliphatic carbocycles. The van der Waals surface area contributed by atoms with Crippen LogP contribution in [0.5, 0.6) is 0 Å². The van der Waals surface area contributed by atoms with Gasteiger partial charge in [-0.25, -0.2) is 4.79 Å². The van der Waals surface area contributed by atoms with Crippen LogP contribution in [0, 0.1) is 17.8 Å². The monoisotopic (exact) mass is 336 g/mol. The highest BCUT2D eigenvalue weighted by atomic mass is 16.2. The highest BCUT2D eigenvalue weighted by molar-refractivity contribution is 5.78. The smallest absolute Gasteiger partial charge is 0.315 e. The Balaban J connectivity index is 1.35. The molecular formula is C18H32N4O2. The normalized spacial score (nSPS) is 33.5. The van der Waals surface area contributed by atoms with Crippen LogP contribution >= 0.6 is 0 Å². The molecule has 0 saturated heterocycles. The average molecular weight is 336 g/mol. The molecule has 3 N–H and O–H groups in total. The Hall–Kier alpha value is -1.30. The second-order valence-corrected chi connectivity index (χ2v) is 8.48. The largest absolute Gasteiger partial charge is 0.355 e. The zero-order chi connectivity index (χ0) is 17.2. The first kappa shape index (κ1) is 17.5. The molecule has 4 saturated carbocycles. The molecule has 136 valence electrons. The van der Waals surface area contributed by atoms with Crippen molar-refractivity contribution in [1.82, 2.24) is 20.9 Å². The van der Waals surface area contributed by atoms with Gasteiger partial charge in [0.1, 0.15) is 0 Å². The van der Waals surface area contributed by atoms with Crippen LogP contribution < -0.4 is 16.0 Å². The number of urea groups is 1. The SMILES string of the molecule is CN(C)CCNC(=O)CCNC(=O)NC12CC3CC(CC(C3)C1)C2. The van der Waals surface area contributed by atoms with Gasteiger partial charge in [-0.15, -0.1) is 0 Å². The van der Waals surface area contributed by atoms with E-state index >= 15 is 0 Å². The van der Waals surface area contributed by atoms with Gasteiger partial charge in [0.2, 0.25) is 5.91 Å². The molecule has 3 amide bonds. The van der Waals surface area contributed by atoms with Crippen LogP contribution in [0.2, 0.25) is 0 Å². The number of nitrogens with zero attached hydrogens (tertiary/aromatic N) is 1. The van der Waals surface area contributed by atoms with Crippen molar-refractivity contribution in [2.45, 2.75) is 50.5 Å². The van der Waals surface area contributed by atoms with Crippen LogP contribution in [0.3, 0.4) is 0 Å². The molecule has 0 radical (unpaired) electrons. The third-order valence-electron chi connectivity index (χ3n) is 5.94. The quantitative estimate of drug-likeness (QED) is 0.656. The van der Waals surface area contributed by atoms with Gasteiger partial charge < -0.3 is 20.9 Å². The second kappa shape index (κ2) is 7.30. The highest BCUT2D eigenvalue weighted by Crippen LogP contribution is 2.55. The van der Waals surface area contributed by atoms with Crippen LogP contribution in [0.1, 0.15) is 44.9 Å². The van der Waals surface area contributed by atoms with Crippen LogP contribution in [-0.4, -0.2) is 56.1 Å². The topological polar surface area (TPSA) is 73.5 Å². The number of likely N-dealkylation sites (N-methyl/N-ethyl adjacent to an activating group) is 1. The van der Waals surface area contributed by atoms with Crippen molar-refractivity contribution in [3.8, 4) is 0 Å². The summed E-state index contributed by atoms with van der Waals surface area (Å²) >= 11 is 0. The van der Waals surface area contributed by atoms with E-state index < -0.39 is 0 Å². The summed E-state index contributed by atoms with van der Waals surface area (Å²) in [5, 5.41) is 9.00. The molecule has 0 heterocycles. The number of carbonyl (C=O) groups is 2. The maximum Gasteiger partial charge on any atom is 0.315 e. The Morgan fingerprint density at radius 1 is 0.958 bits per heavy atom. The van der Waals surface area contributed by atoms with E-state index in [1.54, 1.807) is 0 Å². The van der Waals surface area contributed by atoms with Crippen LogP contribution in [0.4, 0.5) is 4.79 Å². The number of carbonyl (C=O) groups excluding carboxylic acids is 2. The second-order valence-electron chi connectivity index (χ2n) is 8.48. The van der Waals surface area contributed by atoms with Gasteiger partial charge in [0.05, 0.1) is 0 Å². The zero-order valence-electron chi connectivity index (χ0n) is 15.1. The standard InChI is InChI=1S/C18H32N4O2/c1-22(2)6-5-19-16(23)3-4-20-17(24)21-18-10-13-7-14(11-18)9-15(8-13)12-18/h13-15H,3-12H2,1-2H3,(H,19,23)(H2,20,21,24). The molecule has 0 atom stereocenters. The van der Waals surface area contributed by atoms with Gasteiger partial charge in [0.15, 0.2) is 0 Å². The Labute approximate surface area is 145 Å². The Morgan fingerprint density at radius 2 is 1.54 bits per heavy atom. The predicted molar refractivity (Wildman–Crippen MR) is 93.6 cm³/mol. The van der Waals surface area contributed by atoms with Crippen molar-refractivity contribution in [3.05, 3.63) is 0 Å². The molecule has 4 bridgehead atoms. The third-order valence-corrected chi connectivity index (χ3v) is 5.94. The minimum absolute atomic E-state index is 0.00745. The first-order chi connectivity index (χ1) is 11.4. The summed E-state index contributed by atoms with van der Waals surface area (Å²) in [6.07, 6.45) is 7.90. The summed E-state index contributed by atoms with van der Waals surface area (Å²) in [6, 6.07) is -0.0990. The third kappa shape index (κ3) is 4.41. The van der Waals surface area contributed by atoms with Crippen LogP contribution in [0.15, 0.2) is 0 Å². The van der Waals surface area contributed by atoms with E-state index in [2.05, 4.69) is 16.0 Å². The highest BCUT2D eigenvalue weighted by Gasteiger charge is 2.51. The Kier molecular flexibility index (Phi) is 5.33. The van der Waals surface area contributed by atoms with Crippen molar-refractivity contribution in [2.75, 3.05) is 33.7 Å². The number of amides is 3. The average Bonchev–Trinajstić information content (AvgIpc) is 2.44. The lowest BCUT2D eigenvalue weighted by atomic mass is 9.53. The fourth-order valence-corrected chi connectivity index (χ4v) is 5.35. The van der Waals surface area contributed by atoms with Gasteiger partial charge in [-0.3, -0.25) is 4.79 Å². The summed E-state index contributed by atoms with van der Waals surface area (Å²) in [5.74, 6) is 2.45. The number of nitrogens with one attached hydrogen (secondary N) is 3. The van der Waals surface area contributed by atoms with E-state index in [1.165, 1.54) is 19.3 Å². The summed E-state index contributed by atoms with van der Waals surface area (Å²) in [5.41, 5.74) is 0.0345. The van der Waals surface area contributed by atoms with Crippen molar-refractivity contribution < 1.29 is 9.59 Å². The molecule has 0 aliphatic heterocycles. The predicted octanol–water partition coefficient (Wildman–Crippen LogP) is 1.32. The molecule has 0 aromatic heterocycles. The number of hydrogen-bond donors (Lipinski definition) is 3. The molecular weight excluding hydrogens is 304 g/mol. The maximum absolute atomic E-state index is 12.3. The zero-order valence-corrected chi connectivity index (χ0v) is 15.1. The molecule has 0 unspecified atom stereocenters. The number of rotatable bonds is 7. The minimum atomic E-state index is -0.0990. The van der Waals surface area contributed by atoms with Gasteiger partial charge in [0.25, 0.3) is 0 Å². The van der Waals surface area contributed by atoms with Crippen LogP contribution in [0.25, 0.3) is 0 Å². The lowest BCUT2D eigenvalue weighted by Gasteiger charge is -2.56. The lowest BCUT2D eigenvalue weighted by Crippen LogP contribution is -2.61. The molecule has 4 fully saturated rings. The van der Waals surface area contributed by atoms with E-state index in [4.69, 9.17) is 0 Å². The van der Waals surface area contributed by atoms with Gasteiger partial charge in [-0.05, 0) is 70.4 Å². The van der Waals surface area contributed by atoms with E-state index in [1.807, 2.05) is 19.0 Å². The van der Waals surface area contributed by atoms with E-state index in [-0.39, 0.29) is 17.5 Å². The first-order valence-electron chi connectivity index (χ1n) is 9.41. The molecule has 6 nitrogen and oxygen atoms in total. The van der Waals surface area contributed by atoms with E-state index in [0.717, 1.165) is 43.6 Å². The molecule has 24 heavy (non-hydrogen) atoms. The van der Waals surface area contributed by atoms with Crippen molar-refractivity contribution in [2.24, 2.45) is 17.8 Å². The van der Waals surface area contributed by atoms with E-state index in [0.29, 0.717) is 19.5 Å².